The van der Waals surface area contributed by atoms with E-state index in [-0.39, 0.29) is 22.5 Å². The Hall–Kier alpha value is -3.96. The average molecular weight is 506 g/mol. The molecule has 5 heteroatoms. The van der Waals surface area contributed by atoms with Gasteiger partial charge in [-0.25, -0.2) is 16.8 Å². The predicted octanol–water partition coefficient (Wildman–Crippen LogP) is 7.02. The van der Waals surface area contributed by atoms with Crippen LogP contribution in [-0.2, 0) is 15.4 Å². The molecule has 4 aromatic carbocycles. The maximum atomic E-state index is 14.0. The zero-order valence-corrected chi connectivity index (χ0v) is 21.0. The van der Waals surface area contributed by atoms with Crippen LogP contribution in [0.4, 0.5) is 4.39 Å². The van der Waals surface area contributed by atoms with Crippen LogP contribution in [0, 0.1) is 12.7 Å². The number of benzene rings is 4. The van der Waals surface area contributed by atoms with Crippen molar-refractivity contribution in [1.82, 2.24) is 3.97 Å². The van der Waals surface area contributed by atoms with E-state index in [0.717, 1.165) is 27.8 Å². The second-order valence-corrected chi connectivity index (χ2v) is 11.9. The molecule has 5 aromatic rings. The molecule has 182 valence electrons. The van der Waals surface area contributed by atoms with E-state index in [9.17, 15) is 12.8 Å². The van der Waals surface area contributed by atoms with Gasteiger partial charge in [0.1, 0.15) is 5.82 Å². The van der Waals surface area contributed by atoms with Gasteiger partial charge < -0.3 is 0 Å². The zero-order valence-electron chi connectivity index (χ0n) is 20.2. The maximum absolute atomic E-state index is 14.0. The molecule has 2 aliphatic rings. The molecule has 3 atom stereocenters. The lowest BCUT2D eigenvalue weighted by atomic mass is 9.76. The van der Waals surface area contributed by atoms with Crippen molar-refractivity contribution in [1.29, 1.82) is 0 Å². The van der Waals surface area contributed by atoms with Crippen molar-refractivity contribution in [3.63, 3.8) is 0 Å². The third-order valence-electron chi connectivity index (χ3n) is 8.12. The van der Waals surface area contributed by atoms with Crippen LogP contribution in [0.3, 0.4) is 0 Å². The Morgan fingerprint density at radius 1 is 0.730 bits per heavy atom. The van der Waals surface area contributed by atoms with E-state index in [4.69, 9.17) is 0 Å². The van der Waals surface area contributed by atoms with E-state index in [0.29, 0.717) is 0 Å². The summed E-state index contributed by atoms with van der Waals surface area (Å²) in [6.07, 6.45) is 3.55. The molecular formula is C32H24FNO2S. The summed E-state index contributed by atoms with van der Waals surface area (Å²) < 4.78 is 42.9. The van der Waals surface area contributed by atoms with E-state index < -0.39 is 15.4 Å². The first-order chi connectivity index (χ1) is 17.9. The second kappa shape index (κ2) is 7.77. The quantitative estimate of drug-likeness (QED) is 0.263. The maximum Gasteiger partial charge on any atom is 0.267 e. The Balaban J connectivity index is 1.51. The van der Waals surface area contributed by atoms with Crippen molar-refractivity contribution in [3.05, 3.63) is 149 Å². The van der Waals surface area contributed by atoms with Crippen LogP contribution in [0.15, 0.2) is 120 Å². The van der Waals surface area contributed by atoms with Gasteiger partial charge >= 0.3 is 0 Å². The highest BCUT2D eigenvalue weighted by atomic mass is 32.2. The Bertz CT molecular complexity index is 1750. The minimum absolute atomic E-state index is 0.0968. The van der Waals surface area contributed by atoms with Gasteiger partial charge in [-0.05, 0) is 59.0 Å². The number of fused-ring (bicyclic) bond motifs is 6. The lowest BCUT2D eigenvalue weighted by Crippen LogP contribution is -2.17. The third-order valence-corrected chi connectivity index (χ3v) is 9.75. The topological polar surface area (TPSA) is 39.1 Å². The van der Waals surface area contributed by atoms with Gasteiger partial charge in [0.2, 0.25) is 0 Å². The summed E-state index contributed by atoms with van der Waals surface area (Å²) in [5.74, 6) is -0.0777. The molecule has 7 rings (SSSR count). The zero-order chi connectivity index (χ0) is 25.4. The summed E-state index contributed by atoms with van der Waals surface area (Å²) in [6.45, 7) is 1.94. The summed E-state index contributed by atoms with van der Waals surface area (Å²) in [4.78, 5) is 0.251. The summed E-state index contributed by atoms with van der Waals surface area (Å²) in [6, 6.07) is 32.3. The second-order valence-electron chi connectivity index (χ2n) is 10.1. The van der Waals surface area contributed by atoms with Gasteiger partial charge in [0.15, 0.2) is 0 Å². The molecule has 2 aliphatic carbocycles. The highest BCUT2D eigenvalue weighted by molar-refractivity contribution is 7.90. The van der Waals surface area contributed by atoms with Crippen LogP contribution >= 0.6 is 0 Å². The number of aryl methyl sites for hydroxylation is 1. The first-order valence-electron chi connectivity index (χ1n) is 12.4. The van der Waals surface area contributed by atoms with Gasteiger partial charge in [-0.2, -0.15) is 0 Å². The minimum atomic E-state index is -3.80. The van der Waals surface area contributed by atoms with Crippen molar-refractivity contribution < 1.29 is 12.8 Å². The average Bonchev–Trinajstić information content (AvgIpc) is 3.41. The summed E-state index contributed by atoms with van der Waals surface area (Å²) in [5, 5.41) is 0. The molecule has 0 aliphatic heterocycles. The Morgan fingerprint density at radius 2 is 1.41 bits per heavy atom. The van der Waals surface area contributed by atoms with Gasteiger partial charge in [0.05, 0.1) is 4.90 Å². The van der Waals surface area contributed by atoms with E-state index >= 15 is 0 Å². The number of aromatic nitrogens is 1. The standard InChI is InChI=1S/C32H24FNO2S/c1-21-11-17-25(18-12-21)37(35,36)34-19-28-26-9-5-6-10-27(26)31-30(22-7-3-2-4-8-22)32(31,29(28)20-34)23-13-15-24(33)16-14-23/h2-20,30-31H,1H3/t30-,31-,32+/m1/s1. The fourth-order valence-electron chi connectivity index (χ4n) is 6.46. The highest BCUT2D eigenvalue weighted by Crippen LogP contribution is 2.77. The van der Waals surface area contributed by atoms with Crippen LogP contribution < -0.4 is 0 Å². The fraction of sp³-hybridized carbons (Fsp3) is 0.125. The third kappa shape index (κ3) is 3.07. The smallest absolute Gasteiger partial charge is 0.248 e. The summed E-state index contributed by atoms with van der Waals surface area (Å²) in [7, 11) is -3.80. The lowest BCUT2D eigenvalue weighted by Gasteiger charge is -2.26. The first kappa shape index (κ1) is 22.3. The van der Waals surface area contributed by atoms with E-state index in [1.165, 1.54) is 27.2 Å². The minimum Gasteiger partial charge on any atom is -0.248 e. The molecule has 1 saturated carbocycles. The molecule has 0 amide bonds. The van der Waals surface area contributed by atoms with Gasteiger partial charge in [0, 0.05) is 35.2 Å². The first-order valence-corrected chi connectivity index (χ1v) is 13.8. The molecule has 0 spiro atoms. The van der Waals surface area contributed by atoms with Crippen molar-refractivity contribution in [2.75, 3.05) is 0 Å². The van der Waals surface area contributed by atoms with E-state index in [1.807, 2.05) is 61.5 Å². The molecule has 37 heavy (non-hydrogen) atoms. The molecule has 0 radical (unpaired) electrons. The fourth-order valence-corrected chi connectivity index (χ4v) is 7.67. The predicted molar refractivity (Wildman–Crippen MR) is 143 cm³/mol. The molecular weight excluding hydrogens is 481 g/mol. The van der Waals surface area contributed by atoms with Crippen LogP contribution in [0.25, 0.3) is 11.1 Å². The van der Waals surface area contributed by atoms with Crippen molar-refractivity contribution in [3.8, 4) is 11.1 Å². The van der Waals surface area contributed by atoms with Crippen molar-refractivity contribution >= 4 is 10.0 Å². The van der Waals surface area contributed by atoms with Crippen LogP contribution in [0.2, 0.25) is 0 Å². The van der Waals surface area contributed by atoms with Gasteiger partial charge in [0.25, 0.3) is 10.0 Å². The molecule has 1 aromatic heterocycles. The number of halogens is 1. The lowest BCUT2D eigenvalue weighted by molar-refractivity contribution is 0.587. The summed E-state index contributed by atoms with van der Waals surface area (Å²) in [5.41, 5.74) is 6.81. The Kier molecular flexibility index (Phi) is 4.67. The van der Waals surface area contributed by atoms with E-state index in [1.54, 1.807) is 24.5 Å². The van der Waals surface area contributed by atoms with Gasteiger partial charge in [-0.15, -0.1) is 0 Å². The van der Waals surface area contributed by atoms with Crippen molar-refractivity contribution in [2.24, 2.45) is 0 Å². The van der Waals surface area contributed by atoms with Gasteiger partial charge in [-0.1, -0.05) is 84.4 Å². The van der Waals surface area contributed by atoms with E-state index in [2.05, 4.69) is 24.3 Å². The van der Waals surface area contributed by atoms with Gasteiger partial charge in [-0.3, -0.25) is 0 Å². The van der Waals surface area contributed by atoms with Crippen LogP contribution in [0.5, 0.6) is 0 Å². The molecule has 0 bridgehead atoms. The number of hydrogen-bond donors (Lipinski definition) is 0. The normalized spacial score (nSPS) is 21.6. The molecule has 1 heterocycles. The molecule has 0 saturated heterocycles. The molecule has 0 unspecified atom stereocenters. The SMILES string of the molecule is Cc1ccc(S(=O)(=O)n2cc3c(c2)[C@@]2(c4ccc(F)cc4)[C@H](c4ccccc4)[C@H]2c2ccccc2-3)cc1. The largest absolute Gasteiger partial charge is 0.267 e. The number of nitrogens with zero attached hydrogens (tertiary/aromatic N) is 1. The summed E-state index contributed by atoms with van der Waals surface area (Å²) >= 11 is 0. The number of rotatable bonds is 4. The van der Waals surface area contributed by atoms with Crippen LogP contribution in [-0.4, -0.2) is 12.4 Å². The molecule has 0 N–H and O–H groups in total. The molecule has 1 fully saturated rings. The van der Waals surface area contributed by atoms with Crippen molar-refractivity contribution in [2.45, 2.75) is 29.1 Å². The monoisotopic (exact) mass is 505 g/mol. The van der Waals surface area contributed by atoms with Crippen LogP contribution in [0.1, 0.15) is 39.7 Å². The Labute approximate surface area is 215 Å². The number of hydrogen-bond acceptors (Lipinski definition) is 2. The Morgan fingerprint density at radius 3 is 2.14 bits per heavy atom. The highest BCUT2D eigenvalue weighted by Gasteiger charge is 2.70. The molecule has 3 nitrogen and oxygen atoms in total.